The quantitative estimate of drug-likeness (QED) is 0.906. The molecular formula is C16H20N4O2. The molecule has 6 nitrogen and oxygen atoms in total. The molecule has 0 saturated heterocycles. The number of aromatic nitrogens is 2. The normalized spacial score (nSPS) is 14.1. The number of nitrogens with one attached hydrogen (secondary N) is 2. The lowest BCUT2D eigenvalue weighted by atomic mass is 10.1. The van der Waals surface area contributed by atoms with E-state index in [0.717, 1.165) is 29.9 Å². The van der Waals surface area contributed by atoms with Crippen molar-refractivity contribution >= 4 is 6.03 Å². The SMILES string of the molecule is CC(NC(=O)NCc1ccc2c(c1)CCO2)c1cnn(C)c1. The van der Waals surface area contributed by atoms with E-state index in [1.165, 1.54) is 5.56 Å². The van der Waals surface area contributed by atoms with Crippen LogP contribution in [0.25, 0.3) is 0 Å². The maximum absolute atomic E-state index is 12.0. The smallest absolute Gasteiger partial charge is 0.315 e. The van der Waals surface area contributed by atoms with Crippen LogP contribution in [0.5, 0.6) is 5.75 Å². The highest BCUT2D eigenvalue weighted by molar-refractivity contribution is 5.74. The Morgan fingerprint density at radius 3 is 3.14 bits per heavy atom. The van der Waals surface area contributed by atoms with Crippen molar-refractivity contribution in [2.45, 2.75) is 25.9 Å². The largest absolute Gasteiger partial charge is 0.493 e. The Bertz CT molecular complexity index is 681. The molecule has 1 aromatic carbocycles. The number of urea groups is 1. The van der Waals surface area contributed by atoms with E-state index >= 15 is 0 Å². The summed E-state index contributed by atoms with van der Waals surface area (Å²) >= 11 is 0. The summed E-state index contributed by atoms with van der Waals surface area (Å²) in [6.45, 7) is 3.18. The highest BCUT2D eigenvalue weighted by atomic mass is 16.5. The minimum atomic E-state index is -0.187. The second kappa shape index (κ2) is 6.09. The maximum atomic E-state index is 12.0. The zero-order valence-electron chi connectivity index (χ0n) is 12.8. The fourth-order valence-electron chi connectivity index (χ4n) is 2.53. The molecule has 1 aromatic heterocycles. The highest BCUT2D eigenvalue weighted by Crippen LogP contribution is 2.25. The Morgan fingerprint density at radius 2 is 2.36 bits per heavy atom. The van der Waals surface area contributed by atoms with Crippen LogP contribution in [0.4, 0.5) is 4.79 Å². The summed E-state index contributed by atoms with van der Waals surface area (Å²) < 4.78 is 7.20. The number of carbonyl (C=O) groups is 1. The zero-order chi connectivity index (χ0) is 15.5. The van der Waals surface area contributed by atoms with Gasteiger partial charge in [0.25, 0.3) is 0 Å². The number of rotatable bonds is 4. The van der Waals surface area contributed by atoms with Crippen molar-refractivity contribution in [1.82, 2.24) is 20.4 Å². The fourth-order valence-corrected chi connectivity index (χ4v) is 2.53. The molecule has 2 amide bonds. The molecule has 1 atom stereocenters. The molecule has 0 radical (unpaired) electrons. The van der Waals surface area contributed by atoms with E-state index in [0.29, 0.717) is 6.54 Å². The van der Waals surface area contributed by atoms with Crippen molar-refractivity contribution in [2.75, 3.05) is 6.61 Å². The minimum Gasteiger partial charge on any atom is -0.493 e. The number of aryl methyl sites for hydroxylation is 1. The van der Waals surface area contributed by atoms with Gasteiger partial charge in [0.1, 0.15) is 5.75 Å². The first kappa shape index (κ1) is 14.4. The highest BCUT2D eigenvalue weighted by Gasteiger charge is 2.13. The third kappa shape index (κ3) is 3.21. The molecule has 0 saturated carbocycles. The van der Waals surface area contributed by atoms with Gasteiger partial charge in [0.2, 0.25) is 0 Å². The summed E-state index contributed by atoms with van der Waals surface area (Å²) in [5.41, 5.74) is 3.27. The summed E-state index contributed by atoms with van der Waals surface area (Å²) in [6.07, 6.45) is 4.59. The standard InChI is InChI=1S/C16H20N4O2/c1-11(14-9-18-20(2)10-14)19-16(21)17-8-12-3-4-15-13(7-12)5-6-22-15/h3-4,7,9-11H,5-6,8H2,1-2H3,(H2,17,19,21). The predicted octanol–water partition coefficient (Wildman–Crippen LogP) is 1.92. The van der Waals surface area contributed by atoms with Crippen LogP contribution < -0.4 is 15.4 Å². The fraction of sp³-hybridized carbons (Fsp3) is 0.375. The van der Waals surface area contributed by atoms with E-state index in [1.807, 2.05) is 32.3 Å². The Kier molecular flexibility index (Phi) is 4.00. The van der Waals surface area contributed by atoms with Crippen LogP contribution in [0, 0.1) is 0 Å². The van der Waals surface area contributed by atoms with Crippen molar-refractivity contribution in [3.05, 3.63) is 47.3 Å². The Hall–Kier alpha value is -2.50. The van der Waals surface area contributed by atoms with Crippen molar-refractivity contribution in [3.63, 3.8) is 0 Å². The van der Waals surface area contributed by atoms with Gasteiger partial charge in [0.15, 0.2) is 0 Å². The first-order valence-electron chi connectivity index (χ1n) is 7.39. The summed E-state index contributed by atoms with van der Waals surface area (Å²) in [4.78, 5) is 12.0. The van der Waals surface area contributed by atoms with E-state index in [9.17, 15) is 4.79 Å². The van der Waals surface area contributed by atoms with Gasteiger partial charge in [0, 0.05) is 31.8 Å². The van der Waals surface area contributed by atoms with Gasteiger partial charge in [0.05, 0.1) is 18.8 Å². The van der Waals surface area contributed by atoms with E-state index < -0.39 is 0 Å². The third-order valence-electron chi connectivity index (χ3n) is 3.78. The van der Waals surface area contributed by atoms with Gasteiger partial charge in [-0.05, 0) is 24.1 Å². The molecule has 0 aliphatic carbocycles. The lowest BCUT2D eigenvalue weighted by molar-refractivity contribution is 0.237. The first-order chi connectivity index (χ1) is 10.6. The number of hydrogen-bond donors (Lipinski definition) is 2. The molecule has 2 heterocycles. The van der Waals surface area contributed by atoms with Crippen LogP contribution in [0.15, 0.2) is 30.6 Å². The topological polar surface area (TPSA) is 68.2 Å². The molecule has 0 fully saturated rings. The van der Waals surface area contributed by atoms with Crippen molar-refractivity contribution in [3.8, 4) is 5.75 Å². The molecule has 1 unspecified atom stereocenters. The van der Waals surface area contributed by atoms with Gasteiger partial charge in [-0.25, -0.2) is 4.79 Å². The lowest BCUT2D eigenvalue weighted by Gasteiger charge is -2.13. The average molecular weight is 300 g/mol. The first-order valence-corrected chi connectivity index (χ1v) is 7.39. The number of ether oxygens (including phenoxy) is 1. The second-order valence-corrected chi connectivity index (χ2v) is 5.54. The van der Waals surface area contributed by atoms with Gasteiger partial charge in [-0.2, -0.15) is 5.10 Å². The number of carbonyl (C=O) groups excluding carboxylic acids is 1. The van der Waals surface area contributed by atoms with Crippen molar-refractivity contribution in [2.24, 2.45) is 7.05 Å². The molecule has 116 valence electrons. The minimum absolute atomic E-state index is 0.0814. The third-order valence-corrected chi connectivity index (χ3v) is 3.78. The molecular weight excluding hydrogens is 280 g/mol. The molecule has 1 aliphatic rings. The summed E-state index contributed by atoms with van der Waals surface area (Å²) in [5, 5.41) is 9.89. The van der Waals surface area contributed by atoms with Crippen molar-refractivity contribution < 1.29 is 9.53 Å². The van der Waals surface area contributed by atoms with Gasteiger partial charge < -0.3 is 15.4 Å². The van der Waals surface area contributed by atoms with Crippen LogP contribution >= 0.6 is 0 Å². The van der Waals surface area contributed by atoms with Crippen LogP contribution in [-0.4, -0.2) is 22.4 Å². The Balaban J connectivity index is 1.52. The summed E-state index contributed by atoms with van der Waals surface area (Å²) in [6, 6.07) is 5.77. The Labute approximate surface area is 129 Å². The predicted molar refractivity (Wildman–Crippen MR) is 82.6 cm³/mol. The van der Waals surface area contributed by atoms with Gasteiger partial charge in [-0.1, -0.05) is 12.1 Å². The van der Waals surface area contributed by atoms with Crippen LogP contribution in [-0.2, 0) is 20.0 Å². The van der Waals surface area contributed by atoms with E-state index in [1.54, 1.807) is 10.9 Å². The van der Waals surface area contributed by atoms with Crippen molar-refractivity contribution in [1.29, 1.82) is 0 Å². The van der Waals surface area contributed by atoms with Gasteiger partial charge >= 0.3 is 6.03 Å². The molecule has 6 heteroatoms. The maximum Gasteiger partial charge on any atom is 0.315 e. The van der Waals surface area contributed by atoms with Crippen LogP contribution in [0.1, 0.15) is 29.7 Å². The zero-order valence-corrected chi connectivity index (χ0v) is 12.8. The summed E-state index contributed by atoms with van der Waals surface area (Å²) in [7, 11) is 1.86. The second-order valence-electron chi connectivity index (χ2n) is 5.54. The Morgan fingerprint density at radius 1 is 1.50 bits per heavy atom. The number of hydrogen-bond acceptors (Lipinski definition) is 3. The summed E-state index contributed by atoms with van der Waals surface area (Å²) in [5.74, 6) is 0.957. The van der Waals surface area contributed by atoms with Crippen LogP contribution in [0.3, 0.4) is 0 Å². The van der Waals surface area contributed by atoms with E-state index in [4.69, 9.17) is 4.74 Å². The molecule has 3 rings (SSSR count). The lowest BCUT2D eigenvalue weighted by Crippen LogP contribution is -2.36. The number of nitrogens with zero attached hydrogens (tertiary/aromatic N) is 2. The monoisotopic (exact) mass is 300 g/mol. The number of amides is 2. The molecule has 1 aliphatic heterocycles. The number of fused-ring (bicyclic) bond motifs is 1. The van der Waals surface area contributed by atoms with E-state index in [2.05, 4.69) is 21.8 Å². The number of benzene rings is 1. The van der Waals surface area contributed by atoms with Crippen LogP contribution in [0.2, 0.25) is 0 Å². The molecule has 2 aromatic rings. The van der Waals surface area contributed by atoms with Gasteiger partial charge in [-0.3, -0.25) is 4.68 Å². The average Bonchev–Trinajstić information content (AvgIpc) is 3.13. The molecule has 0 bridgehead atoms. The molecule has 0 spiro atoms. The molecule has 22 heavy (non-hydrogen) atoms. The van der Waals surface area contributed by atoms with E-state index in [-0.39, 0.29) is 12.1 Å². The molecule has 2 N–H and O–H groups in total. The van der Waals surface area contributed by atoms with Gasteiger partial charge in [-0.15, -0.1) is 0 Å².